The van der Waals surface area contributed by atoms with Gasteiger partial charge in [0.15, 0.2) is 0 Å². The van der Waals surface area contributed by atoms with Crippen molar-refractivity contribution in [1.82, 2.24) is 20.1 Å². The molecule has 1 aromatic rings. The predicted molar refractivity (Wildman–Crippen MR) is 83.7 cm³/mol. The van der Waals surface area contributed by atoms with Gasteiger partial charge in [0.1, 0.15) is 5.82 Å². The fourth-order valence-corrected chi connectivity index (χ4v) is 2.88. The van der Waals surface area contributed by atoms with Crippen LogP contribution in [0.3, 0.4) is 0 Å². The fourth-order valence-electron chi connectivity index (χ4n) is 2.88. The van der Waals surface area contributed by atoms with E-state index in [2.05, 4.69) is 40.3 Å². The number of piperazine rings is 1. The Morgan fingerprint density at radius 1 is 1.45 bits per heavy atom. The van der Waals surface area contributed by atoms with Gasteiger partial charge in [0, 0.05) is 37.9 Å². The molecule has 2 unspecified atom stereocenters. The molecule has 0 amide bonds. The highest BCUT2D eigenvalue weighted by Crippen LogP contribution is 2.16. The number of nitrogens with zero attached hydrogens (tertiary/aromatic N) is 3. The molecule has 2 rings (SSSR count). The molecule has 1 fully saturated rings. The molecule has 0 aromatic carbocycles. The van der Waals surface area contributed by atoms with Gasteiger partial charge in [-0.05, 0) is 45.6 Å². The van der Waals surface area contributed by atoms with Crippen LogP contribution in [-0.2, 0) is 6.42 Å². The maximum Gasteiger partial charge on any atom is 0.126 e. The van der Waals surface area contributed by atoms with Crippen molar-refractivity contribution in [3.8, 4) is 0 Å². The molecular formula is C15H27N5. The molecule has 2 atom stereocenters. The van der Waals surface area contributed by atoms with Gasteiger partial charge in [0.05, 0.1) is 0 Å². The molecule has 0 radical (unpaired) electrons. The average Bonchev–Trinajstić information content (AvgIpc) is 2.44. The third-order valence-electron chi connectivity index (χ3n) is 4.34. The summed E-state index contributed by atoms with van der Waals surface area (Å²) in [6.45, 7) is 3.44. The second-order valence-electron chi connectivity index (χ2n) is 5.87. The van der Waals surface area contributed by atoms with Crippen molar-refractivity contribution >= 4 is 5.82 Å². The van der Waals surface area contributed by atoms with Crippen LogP contribution in [0.15, 0.2) is 18.3 Å². The molecule has 0 spiro atoms. The number of anilines is 1. The van der Waals surface area contributed by atoms with Crippen LogP contribution in [0, 0.1) is 0 Å². The Kier molecular flexibility index (Phi) is 5.34. The van der Waals surface area contributed by atoms with Gasteiger partial charge in [-0.25, -0.2) is 4.98 Å². The van der Waals surface area contributed by atoms with Gasteiger partial charge in [0.2, 0.25) is 0 Å². The van der Waals surface area contributed by atoms with Crippen molar-refractivity contribution < 1.29 is 0 Å². The molecule has 3 N–H and O–H groups in total. The van der Waals surface area contributed by atoms with Crippen molar-refractivity contribution in [2.24, 2.45) is 0 Å². The SMILES string of the molecule is CNC(Cc1cccnc1N)CC1CN(C)CCN1C. The maximum atomic E-state index is 5.95. The van der Waals surface area contributed by atoms with Crippen LogP contribution in [-0.4, -0.2) is 67.6 Å². The minimum Gasteiger partial charge on any atom is -0.383 e. The Morgan fingerprint density at radius 3 is 2.95 bits per heavy atom. The minimum absolute atomic E-state index is 0.431. The summed E-state index contributed by atoms with van der Waals surface area (Å²) in [5, 5.41) is 3.43. The van der Waals surface area contributed by atoms with E-state index in [9.17, 15) is 0 Å². The smallest absolute Gasteiger partial charge is 0.126 e. The van der Waals surface area contributed by atoms with Gasteiger partial charge in [0.25, 0.3) is 0 Å². The summed E-state index contributed by atoms with van der Waals surface area (Å²) in [6, 6.07) is 5.06. The molecule has 5 nitrogen and oxygen atoms in total. The Hall–Kier alpha value is -1.17. The first-order valence-electron chi connectivity index (χ1n) is 7.35. The number of hydrogen-bond acceptors (Lipinski definition) is 5. The van der Waals surface area contributed by atoms with E-state index in [4.69, 9.17) is 5.73 Å². The normalized spacial score (nSPS) is 22.9. The van der Waals surface area contributed by atoms with Crippen molar-refractivity contribution in [1.29, 1.82) is 0 Å². The van der Waals surface area contributed by atoms with Gasteiger partial charge in [-0.15, -0.1) is 0 Å². The Morgan fingerprint density at radius 2 is 2.25 bits per heavy atom. The van der Waals surface area contributed by atoms with E-state index in [1.54, 1.807) is 6.20 Å². The molecule has 5 heteroatoms. The summed E-state index contributed by atoms with van der Waals surface area (Å²) in [4.78, 5) is 9.05. The zero-order valence-corrected chi connectivity index (χ0v) is 12.8. The van der Waals surface area contributed by atoms with Gasteiger partial charge in [-0.3, -0.25) is 0 Å². The summed E-state index contributed by atoms with van der Waals surface area (Å²) >= 11 is 0. The Bertz CT molecular complexity index is 422. The first-order chi connectivity index (χ1) is 9.60. The summed E-state index contributed by atoms with van der Waals surface area (Å²) in [6.07, 6.45) is 3.81. The standard InChI is InChI=1S/C15H27N5/c1-17-13(9-12-5-4-6-18-15(12)16)10-14-11-19(2)7-8-20(14)3/h4-6,13-14,17H,7-11H2,1-3H3,(H2,16,18). The van der Waals surface area contributed by atoms with Crippen LogP contribution in [0.4, 0.5) is 5.82 Å². The maximum absolute atomic E-state index is 5.95. The third-order valence-corrected chi connectivity index (χ3v) is 4.34. The zero-order chi connectivity index (χ0) is 14.5. The van der Waals surface area contributed by atoms with Crippen LogP contribution in [0.2, 0.25) is 0 Å². The van der Waals surface area contributed by atoms with E-state index < -0.39 is 0 Å². The highest BCUT2D eigenvalue weighted by Gasteiger charge is 2.25. The van der Waals surface area contributed by atoms with E-state index in [1.165, 1.54) is 0 Å². The molecule has 112 valence electrons. The molecule has 1 saturated heterocycles. The minimum atomic E-state index is 0.431. The lowest BCUT2D eigenvalue weighted by molar-refractivity contribution is 0.102. The monoisotopic (exact) mass is 277 g/mol. The number of pyridine rings is 1. The molecule has 2 heterocycles. The number of aromatic nitrogens is 1. The van der Waals surface area contributed by atoms with Crippen LogP contribution >= 0.6 is 0 Å². The van der Waals surface area contributed by atoms with Gasteiger partial charge < -0.3 is 20.9 Å². The van der Waals surface area contributed by atoms with Gasteiger partial charge in [-0.1, -0.05) is 6.07 Å². The summed E-state index contributed by atoms with van der Waals surface area (Å²) in [5.41, 5.74) is 7.09. The number of rotatable bonds is 5. The number of hydrogen-bond donors (Lipinski definition) is 2. The quantitative estimate of drug-likeness (QED) is 0.817. The predicted octanol–water partition coefficient (Wildman–Crippen LogP) is 0.430. The summed E-state index contributed by atoms with van der Waals surface area (Å²) in [7, 11) is 6.46. The average molecular weight is 277 g/mol. The van der Waals surface area contributed by atoms with Crippen LogP contribution in [0.25, 0.3) is 0 Å². The largest absolute Gasteiger partial charge is 0.383 e. The second kappa shape index (κ2) is 7.02. The number of nitrogens with one attached hydrogen (secondary N) is 1. The van der Waals surface area contributed by atoms with E-state index in [1.807, 2.05) is 13.1 Å². The van der Waals surface area contributed by atoms with Gasteiger partial charge in [-0.2, -0.15) is 0 Å². The number of nitrogen functional groups attached to an aromatic ring is 1. The van der Waals surface area contributed by atoms with Crippen molar-refractivity contribution in [3.05, 3.63) is 23.9 Å². The second-order valence-corrected chi connectivity index (χ2v) is 5.87. The zero-order valence-electron chi connectivity index (χ0n) is 12.8. The van der Waals surface area contributed by atoms with E-state index in [0.29, 0.717) is 17.9 Å². The first-order valence-corrected chi connectivity index (χ1v) is 7.35. The van der Waals surface area contributed by atoms with Crippen molar-refractivity contribution in [3.63, 3.8) is 0 Å². The summed E-state index contributed by atoms with van der Waals surface area (Å²) < 4.78 is 0. The topological polar surface area (TPSA) is 57.4 Å². The van der Waals surface area contributed by atoms with Crippen molar-refractivity contribution in [2.45, 2.75) is 24.9 Å². The van der Waals surface area contributed by atoms with Crippen LogP contribution < -0.4 is 11.1 Å². The fraction of sp³-hybridized carbons (Fsp3) is 0.667. The highest BCUT2D eigenvalue weighted by atomic mass is 15.3. The molecule has 0 bridgehead atoms. The molecule has 0 aliphatic carbocycles. The molecule has 1 aromatic heterocycles. The lowest BCUT2D eigenvalue weighted by atomic mass is 9.98. The molecule has 1 aliphatic heterocycles. The van der Waals surface area contributed by atoms with Gasteiger partial charge >= 0.3 is 0 Å². The highest BCUT2D eigenvalue weighted by molar-refractivity contribution is 5.38. The molecule has 1 aliphatic rings. The van der Waals surface area contributed by atoms with E-state index in [0.717, 1.165) is 38.0 Å². The van der Waals surface area contributed by atoms with E-state index in [-0.39, 0.29) is 0 Å². The van der Waals surface area contributed by atoms with Crippen LogP contribution in [0.1, 0.15) is 12.0 Å². The van der Waals surface area contributed by atoms with Crippen molar-refractivity contribution in [2.75, 3.05) is 46.5 Å². The summed E-state index contributed by atoms with van der Waals surface area (Å²) in [5.74, 6) is 0.655. The van der Waals surface area contributed by atoms with E-state index >= 15 is 0 Å². The number of nitrogens with two attached hydrogens (primary N) is 1. The third kappa shape index (κ3) is 3.91. The first kappa shape index (κ1) is 15.2. The lowest BCUT2D eigenvalue weighted by Gasteiger charge is -2.39. The Balaban J connectivity index is 1.96. The van der Waals surface area contributed by atoms with Crippen LogP contribution in [0.5, 0.6) is 0 Å². The number of likely N-dealkylation sites (N-methyl/N-ethyl adjacent to an activating group) is 3. The Labute approximate surface area is 122 Å². The molecular weight excluding hydrogens is 250 g/mol. The molecule has 20 heavy (non-hydrogen) atoms. The lowest BCUT2D eigenvalue weighted by Crippen LogP contribution is -2.52. The molecule has 0 saturated carbocycles.